The van der Waals surface area contributed by atoms with Crippen LogP contribution in [0, 0.1) is 5.92 Å². The predicted molar refractivity (Wildman–Crippen MR) is 116 cm³/mol. The minimum Gasteiger partial charge on any atom is -0.338 e. The Morgan fingerprint density at radius 3 is 2.14 bits per heavy atom. The number of carbonyl (C=O) groups excluding carboxylic acids is 2. The first-order valence-corrected chi connectivity index (χ1v) is 10.5. The number of nitrogens with zero attached hydrogens (tertiary/aromatic N) is 2. The van der Waals surface area contributed by atoms with Crippen LogP contribution in [0.3, 0.4) is 0 Å². The lowest BCUT2D eigenvalue weighted by atomic mass is 9.89. The van der Waals surface area contributed by atoms with E-state index in [9.17, 15) is 9.59 Å². The van der Waals surface area contributed by atoms with Crippen molar-refractivity contribution in [2.24, 2.45) is 5.92 Å². The molecule has 2 aliphatic rings. The van der Waals surface area contributed by atoms with Gasteiger partial charge in [-0.3, -0.25) is 14.5 Å². The Morgan fingerprint density at radius 2 is 1.52 bits per heavy atom. The molecular weight excluding hydrogens is 360 g/mol. The van der Waals surface area contributed by atoms with Gasteiger partial charge < -0.3 is 4.90 Å². The second kappa shape index (κ2) is 9.19. The SMILES string of the molecule is O=C(c1ccccc1)C1CCN(CC(=O)N2CC=C(c3ccccc3)CC2)CC1. The van der Waals surface area contributed by atoms with Crippen molar-refractivity contribution in [3.63, 3.8) is 0 Å². The average Bonchev–Trinajstić information content (AvgIpc) is 2.80. The molecule has 2 aromatic carbocycles. The second-order valence-corrected chi connectivity index (χ2v) is 7.97. The van der Waals surface area contributed by atoms with Crippen molar-refractivity contribution in [2.45, 2.75) is 19.3 Å². The number of hydrogen-bond donors (Lipinski definition) is 0. The molecule has 0 aliphatic carbocycles. The zero-order valence-electron chi connectivity index (χ0n) is 16.8. The van der Waals surface area contributed by atoms with Crippen LogP contribution < -0.4 is 0 Å². The van der Waals surface area contributed by atoms with Gasteiger partial charge in [-0.25, -0.2) is 0 Å². The quantitative estimate of drug-likeness (QED) is 0.730. The summed E-state index contributed by atoms with van der Waals surface area (Å²) in [6, 6.07) is 19.9. The molecule has 0 bridgehead atoms. The summed E-state index contributed by atoms with van der Waals surface area (Å²) in [5.41, 5.74) is 3.39. The number of ketones is 1. The molecule has 0 N–H and O–H groups in total. The van der Waals surface area contributed by atoms with Gasteiger partial charge in [0.2, 0.25) is 5.91 Å². The molecule has 0 spiro atoms. The van der Waals surface area contributed by atoms with Gasteiger partial charge in [-0.15, -0.1) is 0 Å². The van der Waals surface area contributed by atoms with E-state index in [1.165, 1.54) is 11.1 Å². The average molecular weight is 389 g/mol. The molecule has 29 heavy (non-hydrogen) atoms. The molecule has 0 saturated carbocycles. The highest BCUT2D eigenvalue weighted by molar-refractivity contribution is 5.97. The van der Waals surface area contributed by atoms with E-state index in [-0.39, 0.29) is 17.6 Å². The first kappa shape index (κ1) is 19.6. The molecule has 0 radical (unpaired) electrons. The Hall–Kier alpha value is -2.72. The monoisotopic (exact) mass is 388 g/mol. The summed E-state index contributed by atoms with van der Waals surface area (Å²) in [5, 5.41) is 0. The summed E-state index contributed by atoms with van der Waals surface area (Å²) < 4.78 is 0. The van der Waals surface area contributed by atoms with E-state index >= 15 is 0 Å². The number of hydrogen-bond acceptors (Lipinski definition) is 3. The molecule has 150 valence electrons. The van der Waals surface area contributed by atoms with Gasteiger partial charge in [-0.05, 0) is 43.5 Å². The van der Waals surface area contributed by atoms with Crippen molar-refractivity contribution in [1.29, 1.82) is 0 Å². The van der Waals surface area contributed by atoms with E-state index in [2.05, 4.69) is 35.2 Å². The Kier molecular flexibility index (Phi) is 6.20. The third-order valence-corrected chi connectivity index (χ3v) is 6.08. The molecule has 1 fully saturated rings. The summed E-state index contributed by atoms with van der Waals surface area (Å²) in [6.45, 7) is 3.55. The smallest absolute Gasteiger partial charge is 0.237 e. The van der Waals surface area contributed by atoms with Crippen molar-refractivity contribution in [2.75, 3.05) is 32.7 Å². The number of carbonyl (C=O) groups is 2. The van der Waals surface area contributed by atoms with Gasteiger partial charge in [0, 0.05) is 24.6 Å². The number of amides is 1. The number of piperidine rings is 1. The molecule has 1 saturated heterocycles. The minimum atomic E-state index is 0.0788. The highest BCUT2D eigenvalue weighted by Gasteiger charge is 2.28. The van der Waals surface area contributed by atoms with Crippen molar-refractivity contribution in [1.82, 2.24) is 9.80 Å². The molecule has 1 amide bonds. The van der Waals surface area contributed by atoms with E-state index < -0.39 is 0 Å². The van der Waals surface area contributed by atoms with Gasteiger partial charge in [0.15, 0.2) is 5.78 Å². The standard InChI is InChI=1S/C25H28N2O2/c28-24(27-17-13-21(14-18-27)20-7-3-1-4-8-20)19-26-15-11-23(12-16-26)25(29)22-9-5-2-6-10-22/h1-10,13,23H,11-12,14-19H2. The lowest BCUT2D eigenvalue weighted by molar-refractivity contribution is -0.132. The maximum atomic E-state index is 12.7. The number of benzene rings is 2. The predicted octanol–water partition coefficient (Wildman–Crippen LogP) is 3.90. The van der Waals surface area contributed by atoms with Crippen LogP contribution in [0.2, 0.25) is 0 Å². The normalized spacial score (nSPS) is 18.3. The van der Waals surface area contributed by atoms with Crippen LogP contribution in [0.4, 0.5) is 0 Å². The van der Waals surface area contributed by atoms with Crippen LogP contribution in [0.1, 0.15) is 35.2 Å². The molecule has 4 heteroatoms. The zero-order valence-corrected chi connectivity index (χ0v) is 16.8. The van der Waals surface area contributed by atoms with Crippen LogP contribution in [-0.2, 0) is 4.79 Å². The van der Waals surface area contributed by atoms with E-state index in [1.807, 2.05) is 41.3 Å². The Balaban J connectivity index is 1.25. The summed E-state index contributed by atoms with van der Waals surface area (Å²) in [6.07, 6.45) is 4.75. The fraction of sp³-hybridized carbons (Fsp3) is 0.360. The molecule has 2 heterocycles. The molecule has 0 atom stereocenters. The van der Waals surface area contributed by atoms with Crippen molar-refractivity contribution < 1.29 is 9.59 Å². The fourth-order valence-corrected chi connectivity index (χ4v) is 4.29. The Labute approximate surface area is 172 Å². The van der Waals surface area contributed by atoms with Crippen LogP contribution in [0.15, 0.2) is 66.7 Å². The van der Waals surface area contributed by atoms with Gasteiger partial charge in [-0.1, -0.05) is 66.7 Å². The minimum absolute atomic E-state index is 0.0788. The van der Waals surface area contributed by atoms with Crippen LogP contribution in [0.5, 0.6) is 0 Å². The molecule has 2 aromatic rings. The Morgan fingerprint density at radius 1 is 0.862 bits per heavy atom. The third kappa shape index (κ3) is 4.83. The van der Waals surface area contributed by atoms with E-state index in [4.69, 9.17) is 0 Å². The van der Waals surface area contributed by atoms with E-state index in [0.29, 0.717) is 13.1 Å². The highest BCUT2D eigenvalue weighted by atomic mass is 16.2. The van der Waals surface area contributed by atoms with Crippen molar-refractivity contribution >= 4 is 17.3 Å². The Bertz CT molecular complexity index is 868. The topological polar surface area (TPSA) is 40.6 Å². The van der Waals surface area contributed by atoms with Gasteiger partial charge in [0.1, 0.15) is 0 Å². The summed E-state index contributed by atoms with van der Waals surface area (Å²) in [7, 11) is 0. The largest absolute Gasteiger partial charge is 0.338 e. The van der Waals surface area contributed by atoms with E-state index in [0.717, 1.165) is 44.5 Å². The molecule has 2 aliphatic heterocycles. The molecule has 0 unspecified atom stereocenters. The molecular formula is C25H28N2O2. The third-order valence-electron chi connectivity index (χ3n) is 6.08. The van der Waals surface area contributed by atoms with E-state index in [1.54, 1.807) is 0 Å². The van der Waals surface area contributed by atoms with Crippen LogP contribution in [-0.4, -0.2) is 54.2 Å². The van der Waals surface area contributed by atoms with Crippen LogP contribution in [0.25, 0.3) is 5.57 Å². The number of Topliss-reactive ketones (excluding diaryl/α,β-unsaturated/α-hetero) is 1. The summed E-state index contributed by atoms with van der Waals surface area (Å²) in [5.74, 6) is 0.516. The lowest BCUT2D eigenvalue weighted by Crippen LogP contribution is -2.45. The summed E-state index contributed by atoms with van der Waals surface area (Å²) in [4.78, 5) is 29.5. The molecule has 0 aromatic heterocycles. The number of rotatable bonds is 5. The lowest BCUT2D eigenvalue weighted by Gasteiger charge is -2.33. The molecule has 4 rings (SSSR count). The van der Waals surface area contributed by atoms with Gasteiger partial charge >= 0.3 is 0 Å². The first-order valence-electron chi connectivity index (χ1n) is 10.5. The van der Waals surface area contributed by atoms with Gasteiger partial charge in [0.05, 0.1) is 6.54 Å². The second-order valence-electron chi connectivity index (χ2n) is 7.97. The van der Waals surface area contributed by atoms with Gasteiger partial charge in [-0.2, -0.15) is 0 Å². The highest BCUT2D eigenvalue weighted by Crippen LogP contribution is 2.24. The van der Waals surface area contributed by atoms with Gasteiger partial charge in [0.25, 0.3) is 0 Å². The van der Waals surface area contributed by atoms with Crippen molar-refractivity contribution in [3.05, 3.63) is 77.9 Å². The maximum absolute atomic E-state index is 12.7. The van der Waals surface area contributed by atoms with Crippen molar-refractivity contribution in [3.8, 4) is 0 Å². The number of likely N-dealkylation sites (tertiary alicyclic amines) is 1. The first-order chi connectivity index (χ1) is 14.2. The fourth-order valence-electron chi connectivity index (χ4n) is 4.29. The zero-order chi connectivity index (χ0) is 20.1. The van der Waals surface area contributed by atoms with Crippen LogP contribution >= 0.6 is 0 Å². The summed E-state index contributed by atoms with van der Waals surface area (Å²) >= 11 is 0. The molecule has 4 nitrogen and oxygen atoms in total. The maximum Gasteiger partial charge on any atom is 0.237 e.